The van der Waals surface area contributed by atoms with Crippen LogP contribution in [0.15, 0.2) is 41.5 Å². The molecule has 0 aliphatic heterocycles. The number of hydrogen-bond donors (Lipinski definition) is 0. The summed E-state index contributed by atoms with van der Waals surface area (Å²) in [6.45, 7) is 4.11. The Kier molecular flexibility index (Phi) is 8.13. The van der Waals surface area contributed by atoms with Crippen molar-refractivity contribution in [3.05, 3.63) is 67.7 Å². The molecule has 0 saturated carbocycles. The van der Waals surface area contributed by atoms with E-state index in [1.807, 2.05) is 0 Å². The van der Waals surface area contributed by atoms with Crippen molar-refractivity contribution in [1.29, 1.82) is 5.26 Å². The van der Waals surface area contributed by atoms with Crippen LogP contribution in [0.2, 0.25) is 10.0 Å². The predicted molar refractivity (Wildman–Crippen MR) is 120 cm³/mol. The minimum absolute atomic E-state index is 0.152. The van der Waals surface area contributed by atoms with Crippen LogP contribution in [-0.4, -0.2) is 23.3 Å². The van der Waals surface area contributed by atoms with Crippen LogP contribution in [0.1, 0.15) is 31.9 Å². The molecule has 2 rings (SSSR count). The second-order valence-electron chi connectivity index (χ2n) is 7.86. The summed E-state index contributed by atoms with van der Waals surface area (Å²) in [5.74, 6) is -0.666. The minimum Gasteiger partial charge on any atom is -0.442 e. The Morgan fingerprint density at radius 2 is 1.71 bits per heavy atom. The van der Waals surface area contributed by atoms with Gasteiger partial charge in [0.1, 0.15) is 11.8 Å². The first-order chi connectivity index (χ1) is 15.6. The third-order valence-electron chi connectivity index (χ3n) is 4.21. The van der Waals surface area contributed by atoms with Crippen LogP contribution in [0, 0.1) is 26.9 Å². The zero-order valence-electron chi connectivity index (χ0n) is 18.0. The summed E-state index contributed by atoms with van der Waals surface area (Å²) in [5.41, 5.74) is -2.65. The number of alkyl halides is 3. The number of hydrazone groups is 1. The SMILES string of the molecule is CC(C)(C)C(=O)OCN(/N=C(\C#N)c1ccc([N+](=O)[O-])cc1)c1c(Cl)cc(C(F)(F)F)cc1Cl. The number of rotatable bonds is 6. The standard InChI is InChI=1S/C21H17Cl2F3N4O4/c1-20(2,3)19(31)34-11-29(18-15(22)8-13(9-16(18)23)21(24,25)26)28-17(10-27)12-4-6-14(7-5-12)30(32)33/h4-9H,11H2,1-3H3/b28-17+. The van der Waals surface area contributed by atoms with Crippen LogP contribution in [0.5, 0.6) is 0 Å². The Morgan fingerprint density at radius 3 is 2.12 bits per heavy atom. The van der Waals surface area contributed by atoms with Crippen LogP contribution in [-0.2, 0) is 15.7 Å². The van der Waals surface area contributed by atoms with Crippen molar-refractivity contribution >= 4 is 46.3 Å². The number of nitrogens with zero attached hydrogens (tertiary/aromatic N) is 4. The number of anilines is 1. The van der Waals surface area contributed by atoms with Crippen molar-refractivity contribution in [2.45, 2.75) is 26.9 Å². The topological polar surface area (TPSA) is 109 Å². The molecule has 0 aromatic heterocycles. The van der Waals surface area contributed by atoms with Gasteiger partial charge in [-0.2, -0.15) is 23.5 Å². The highest BCUT2D eigenvalue weighted by atomic mass is 35.5. The normalized spacial score (nSPS) is 12.1. The molecular formula is C21H17Cl2F3N4O4. The lowest BCUT2D eigenvalue weighted by Crippen LogP contribution is -2.30. The van der Waals surface area contributed by atoms with E-state index in [1.54, 1.807) is 26.8 Å². The van der Waals surface area contributed by atoms with Gasteiger partial charge < -0.3 is 4.74 Å². The van der Waals surface area contributed by atoms with Crippen molar-refractivity contribution in [2.75, 3.05) is 11.7 Å². The first-order valence-corrected chi connectivity index (χ1v) is 10.1. The molecule has 2 aromatic rings. The molecule has 0 bridgehead atoms. The van der Waals surface area contributed by atoms with Crippen LogP contribution >= 0.6 is 23.2 Å². The Hall–Kier alpha value is -3.36. The first-order valence-electron chi connectivity index (χ1n) is 9.39. The third-order valence-corrected chi connectivity index (χ3v) is 4.79. The molecular weight excluding hydrogens is 500 g/mol. The number of carbonyl (C=O) groups is 1. The van der Waals surface area contributed by atoms with Gasteiger partial charge in [-0.15, -0.1) is 0 Å². The molecule has 2 aromatic carbocycles. The number of non-ortho nitro benzene ring substituents is 1. The van der Waals surface area contributed by atoms with E-state index in [0.29, 0.717) is 12.1 Å². The number of nitro groups is 1. The molecule has 0 heterocycles. The van der Waals surface area contributed by atoms with Crippen LogP contribution in [0.25, 0.3) is 0 Å². The number of benzene rings is 2. The largest absolute Gasteiger partial charge is 0.442 e. The molecule has 180 valence electrons. The van der Waals surface area contributed by atoms with Gasteiger partial charge in [-0.3, -0.25) is 14.9 Å². The maximum atomic E-state index is 13.1. The van der Waals surface area contributed by atoms with Gasteiger partial charge in [0.2, 0.25) is 0 Å². The summed E-state index contributed by atoms with van der Waals surface area (Å²) in [5, 5.41) is 24.5. The van der Waals surface area contributed by atoms with Gasteiger partial charge in [0.25, 0.3) is 5.69 Å². The number of nitro benzene ring substituents is 1. The first kappa shape index (κ1) is 26.9. The summed E-state index contributed by atoms with van der Waals surface area (Å²) in [7, 11) is 0. The number of esters is 1. The summed E-state index contributed by atoms with van der Waals surface area (Å²) in [6, 6.07) is 7.84. The lowest BCUT2D eigenvalue weighted by Gasteiger charge is -2.25. The van der Waals surface area contributed by atoms with Gasteiger partial charge >= 0.3 is 12.1 Å². The van der Waals surface area contributed by atoms with E-state index in [0.717, 1.165) is 17.1 Å². The highest BCUT2D eigenvalue weighted by Gasteiger charge is 2.33. The zero-order chi connectivity index (χ0) is 25.8. The molecule has 0 amide bonds. The molecule has 0 saturated heterocycles. The molecule has 0 unspecified atom stereocenters. The third kappa shape index (κ3) is 6.59. The van der Waals surface area contributed by atoms with Gasteiger partial charge in [-0.1, -0.05) is 23.2 Å². The lowest BCUT2D eigenvalue weighted by molar-refractivity contribution is -0.384. The fourth-order valence-electron chi connectivity index (χ4n) is 2.46. The average molecular weight is 517 g/mol. The van der Waals surface area contributed by atoms with Gasteiger partial charge in [0, 0.05) is 17.7 Å². The highest BCUT2D eigenvalue weighted by Crippen LogP contribution is 2.40. The van der Waals surface area contributed by atoms with E-state index in [2.05, 4.69) is 5.10 Å². The maximum absolute atomic E-state index is 13.1. The van der Waals surface area contributed by atoms with E-state index < -0.39 is 44.8 Å². The number of hydrogen-bond acceptors (Lipinski definition) is 7. The Morgan fingerprint density at radius 1 is 1.18 bits per heavy atom. The fraction of sp³-hybridized carbons (Fsp3) is 0.286. The van der Waals surface area contributed by atoms with Crippen molar-refractivity contribution in [3.63, 3.8) is 0 Å². The molecule has 0 spiro atoms. The van der Waals surface area contributed by atoms with Crippen molar-refractivity contribution in [2.24, 2.45) is 10.5 Å². The summed E-state index contributed by atoms with van der Waals surface area (Å²) < 4.78 is 44.6. The molecule has 0 aliphatic rings. The zero-order valence-corrected chi connectivity index (χ0v) is 19.5. The van der Waals surface area contributed by atoms with E-state index in [1.165, 1.54) is 12.1 Å². The number of nitriles is 1. The summed E-state index contributed by atoms with van der Waals surface area (Å²) in [4.78, 5) is 22.5. The Bertz CT molecular complexity index is 1150. The maximum Gasteiger partial charge on any atom is 0.416 e. The molecule has 0 atom stereocenters. The number of carbonyl (C=O) groups excluding carboxylic acids is 1. The molecule has 8 nitrogen and oxygen atoms in total. The smallest absolute Gasteiger partial charge is 0.416 e. The Labute approximate surface area is 202 Å². The second kappa shape index (κ2) is 10.3. The van der Waals surface area contributed by atoms with Crippen molar-refractivity contribution in [1.82, 2.24) is 0 Å². The van der Waals surface area contributed by atoms with E-state index >= 15 is 0 Å². The molecule has 34 heavy (non-hydrogen) atoms. The molecule has 13 heteroatoms. The molecule has 0 radical (unpaired) electrons. The van der Waals surface area contributed by atoms with Gasteiger partial charge in [0.05, 0.1) is 25.9 Å². The van der Waals surface area contributed by atoms with Gasteiger partial charge in [-0.25, -0.2) is 5.01 Å². The van der Waals surface area contributed by atoms with Gasteiger partial charge in [-0.05, 0) is 45.0 Å². The van der Waals surface area contributed by atoms with Crippen LogP contribution < -0.4 is 5.01 Å². The van der Waals surface area contributed by atoms with Crippen LogP contribution in [0.4, 0.5) is 24.5 Å². The lowest BCUT2D eigenvalue weighted by atomic mass is 9.98. The summed E-state index contributed by atoms with van der Waals surface area (Å²) >= 11 is 12.2. The minimum atomic E-state index is -4.73. The second-order valence-corrected chi connectivity index (χ2v) is 8.68. The molecule has 0 N–H and O–H groups in total. The summed E-state index contributed by atoms with van der Waals surface area (Å²) in [6.07, 6.45) is -4.73. The number of halogens is 5. The van der Waals surface area contributed by atoms with E-state index in [9.17, 15) is 33.3 Å². The number of ether oxygens (including phenoxy) is 1. The molecule has 0 fully saturated rings. The highest BCUT2D eigenvalue weighted by molar-refractivity contribution is 6.39. The quantitative estimate of drug-likeness (QED) is 0.148. The Balaban J connectivity index is 2.59. The average Bonchev–Trinajstić information content (AvgIpc) is 2.73. The van der Waals surface area contributed by atoms with Crippen LogP contribution in [0.3, 0.4) is 0 Å². The van der Waals surface area contributed by atoms with E-state index in [4.69, 9.17) is 27.9 Å². The van der Waals surface area contributed by atoms with Crippen molar-refractivity contribution in [3.8, 4) is 6.07 Å². The monoisotopic (exact) mass is 516 g/mol. The van der Waals surface area contributed by atoms with Crippen molar-refractivity contribution < 1.29 is 27.6 Å². The van der Waals surface area contributed by atoms with Gasteiger partial charge in [0.15, 0.2) is 12.4 Å². The fourth-order valence-corrected chi connectivity index (χ4v) is 3.14. The van der Waals surface area contributed by atoms with E-state index in [-0.39, 0.29) is 22.6 Å². The molecule has 0 aliphatic carbocycles. The predicted octanol–water partition coefficient (Wildman–Crippen LogP) is 6.20.